The Balaban J connectivity index is 1.97. The van der Waals surface area contributed by atoms with Crippen LogP contribution in [0.3, 0.4) is 0 Å². The second-order valence-electron chi connectivity index (χ2n) is 6.96. The summed E-state index contributed by atoms with van der Waals surface area (Å²) in [6.07, 6.45) is 1.10. The number of hydrogen-bond acceptors (Lipinski definition) is 4. The number of carbonyl (C=O) groups excluding carboxylic acids is 1. The average molecular weight is 439 g/mol. The van der Waals surface area contributed by atoms with Gasteiger partial charge in [-0.1, -0.05) is 30.3 Å². The number of halogens is 1. The Kier molecular flexibility index (Phi) is 8.10. The number of benzene rings is 2. The third kappa shape index (κ3) is 6.47. The summed E-state index contributed by atoms with van der Waals surface area (Å²) in [7, 11) is -3.65. The second kappa shape index (κ2) is 10.1. The Morgan fingerprint density at radius 3 is 2.55 bits per heavy atom. The van der Waals surface area contributed by atoms with Crippen LogP contribution in [0.5, 0.6) is 0 Å². The van der Waals surface area contributed by atoms with E-state index in [1.54, 1.807) is 31.2 Å². The monoisotopic (exact) mass is 438 g/mol. The molecule has 0 bridgehead atoms. The molecule has 5 nitrogen and oxygen atoms in total. The van der Waals surface area contributed by atoms with Crippen molar-refractivity contribution < 1.29 is 17.6 Å². The van der Waals surface area contributed by atoms with Crippen LogP contribution in [0.4, 0.5) is 10.1 Å². The maximum Gasteiger partial charge on any atom is 0.243 e. The summed E-state index contributed by atoms with van der Waals surface area (Å²) < 4.78 is 39.6. The molecule has 0 aliphatic heterocycles. The minimum Gasteiger partial charge on any atom is -0.353 e. The first-order valence-electron chi connectivity index (χ1n) is 9.26. The molecule has 0 heterocycles. The zero-order valence-electron chi connectivity index (χ0n) is 17.1. The Labute approximate surface area is 176 Å². The highest BCUT2D eigenvalue weighted by Gasteiger charge is 2.30. The number of carbonyl (C=O) groups is 1. The molecule has 8 heteroatoms. The van der Waals surface area contributed by atoms with Crippen molar-refractivity contribution in [3.63, 3.8) is 0 Å². The van der Waals surface area contributed by atoms with Gasteiger partial charge in [0.15, 0.2) is 0 Å². The van der Waals surface area contributed by atoms with Crippen LogP contribution in [0.2, 0.25) is 0 Å². The van der Waals surface area contributed by atoms with Crippen molar-refractivity contribution in [3.05, 3.63) is 65.0 Å². The molecule has 0 saturated carbocycles. The molecule has 0 aromatic heterocycles. The Morgan fingerprint density at radius 1 is 1.21 bits per heavy atom. The molecule has 29 heavy (non-hydrogen) atoms. The van der Waals surface area contributed by atoms with Gasteiger partial charge in [-0.2, -0.15) is 11.8 Å². The fourth-order valence-corrected chi connectivity index (χ4v) is 5.00. The predicted molar refractivity (Wildman–Crippen MR) is 118 cm³/mol. The molecule has 158 valence electrons. The van der Waals surface area contributed by atoms with E-state index in [9.17, 15) is 17.6 Å². The van der Waals surface area contributed by atoms with E-state index >= 15 is 0 Å². The zero-order valence-corrected chi connectivity index (χ0v) is 18.7. The third-order valence-electron chi connectivity index (χ3n) is 4.45. The molecule has 0 fully saturated rings. The van der Waals surface area contributed by atoms with Gasteiger partial charge in [-0.25, -0.2) is 12.8 Å². The van der Waals surface area contributed by atoms with E-state index in [0.29, 0.717) is 29.3 Å². The highest BCUT2D eigenvalue weighted by Crippen LogP contribution is 2.26. The molecule has 2 rings (SSSR count). The lowest BCUT2D eigenvalue weighted by atomic mass is 10.1. The average Bonchev–Trinajstić information content (AvgIpc) is 2.64. The first-order chi connectivity index (χ1) is 13.6. The van der Waals surface area contributed by atoms with Gasteiger partial charge in [-0.3, -0.25) is 9.10 Å². The van der Waals surface area contributed by atoms with Crippen LogP contribution in [-0.4, -0.2) is 38.9 Å². The van der Waals surface area contributed by atoms with Crippen LogP contribution in [-0.2, 0) is 20.6 Å². The van der Waals surface area contributed by atoms with E-state index in [4.69, 9.17) is 0 Å². The zero-order chi connectivity index (χ0) is 21.6. The number of rotatable bonds is 9. The molecule has 0 spiro atoms. The van der Waals surface area contributed by atoms with Crippen LogP contribution in [0.25, 0.3) is 0 Å². The number of hydrogen-bond donors (Lipinski definition) is 1. The molecule has 1 atom stereocenters. The van der Waals surface area contributed by atoms with Gasteiger partial charge in [0.25, 0.3) is 0 Å². The number of nitrogens with zero attached hydrogens (tertiary/aromatic N) is 1. The Bertz CT molecular complexity index is 964. The molecule has 0 aliphatic rings. The summed E-state index contributed by atoms with van der Waals surface area (Å²) in [5.74, 6) is 0.489. The van der Waals surface area contributed by atoms with Gasteiger partial charge in [-0.15, -0.1) is 0 Å². The summed E-state index contributed by atoms with van der Waals surface area (Å²) in [5.41, 5.74) is 2.82. The lowest BCUT2D eigenvalue weighted by Gasteiger charge is -2.29. The first-order valence-corrected chi connectivity index (χ1v) is 12.3. The highest BCUT2D eigenvalue weighted by molar-refractivity contribution is 7.98. The van der Waals surface area contributed by atoms with Gasteiger partial charge in [0, 0.05) is 18.1 Å². The van der Waals surface area contributed by atoms with E-state index in [2.05, 4.69) is 5.32 Å². The number of thioether (sulfide) groups is 1. The van der Waals surface area contributed by atoms with Crippen molar-refractivity contribution in [2.24, 2.45) is 0 Å². The van der Waals surface area contributed by atoms with Crippen molar-refractivity contribution >= 4 is 33.4 Å². The Hall–Kier alpha value is -2.06. The maximum atomic E-state index is 13.6. The lowest BCUT2D eigenvalue weighted by Crippen LogP contribution is -2.48. The molecule has 1 amide bonds. The van der Waals surface area contributed by atoms with Crippen molar-refractivity contribution in [1.29, 1.82) is 0 Å². The molecule has 0 unspecified atom stereocenters. The van der Waals surface area contributed by atoms with Crippen LogP contribution < -0.4 is 9.62 Å². The van der Waals surface area contributed by atoms with Gasteiger partial charge in [0.2, 0.25) is 15.9 Å². The van der Waals surface area contributed by atoms with Crippen molar-refractivity contribution in [1.82, 2.24) is 5.32 Å². The number of aryl methyl sites for hydroxylation is 2. The van der Waals surface area contributed by atoms with Crippen LogP contribution in [0.15, 0.2) is 42.5 Å². The fraction of sp³-hybridized carbons (Fsp3) is 0.381. The van der Waals surface area contributed by atoms with Crippen LogP contribution >= 0.6 is 11.8 Å². The number of amides is 1. The standard InChI is InChI=1S/C21H27FN2O3S2/c1-15-9-10-16(2)20(13-15)24(29(4,26)27)17(3)21(25)23-11-12-28-14-18-7-5-6-8-19(18)22/h5-10,13,17H,11-12,14H2,1-4H3,(H,23,25)/t17-/m1/s1. The summed E-state index contributed by atoms with van der Waals surface area (Å²) in [6.45, 7) is 5.63. The normalized spacial score (nSPS) is 12.4. The molecule has 2 aromatic rings. The van der Waals surface area contributed by atoms with E-state index in [1.807, 2.05) is 26.0 Å². The van der Waals surface area contributed by atoms with Gasteiger partial charge < -0.3 is 5.32 Å². The summed E-state index contributed by atoms with van der Waals surface area (Å²) >= 11 is 1.50. The van der Waals surface area contributed by atoms with Crippen LogP contribution in [0, 0.1) is 19.7 Å². The quantitative estimate of drug-likeness (QED) is 0.607. The Morgan fingerprint density at radius 2 is 1.90 bits per heavy atom. The minimum absolute atomic E-state index is 0.241. The number of nitrogens with one attached hydrogen (secondary N) is 1. The molecule has 0 radical (unpaired) electrons. The minimum atomic E-state index is -3.65. The van der Waals surface area contributed by atoms with Gasteiger partial charge in [0.05, 0.1) is 11.9 Å². The largest absolute Gasteiger partial charge is 0.353 e. The van der Waals surface area contributed by atoms with E-state index in [1.165, 1.54) is 17.8 Å². The first kappa shape index (κ1) is 23.2. The summed E-state index contributed by atoms with van der Waals surface area (Å²) in [4.78, 5) is 12.6. The topological polar surface area (TPSA) is 66.5 Å². The smallest absolute Gasteiger partial charge is 0.243 e. The van der Waals surface area contributed by atoms with Crippen LogP contribution in [0.1, 0.15) is 23.6 Å². The lowest BCUT2D eigenvalue weighted by molar-refractivity contribution is -0.121. The molecular formula is C21H27FN2O3S2. The van der Waals surface area contributed by atoms with Crippen molar-refractivity contribution in [2.75, 3.05) is 22.9 Å². The van der Waals surface area contributed by atoms with Crippen molar-refractivity contribution in [2.45, 2.75) is 32.6 Å². The maximum absolute atomic E-state index is 13.6. The SMILES string of the molecule is Cc1ccc(C)c(N([C@H](C)C(=O)NCCSCc2ccccc2F)S(C)(=O)=O)c1. The van der Waals surface area contributed by atoms with Gasteiger partial charge in [0.1, 0.15) is 11.9 Å². The molecule has 1 N–H and O–H groups in total. The molecular weight excluding hydrogens is 411 g/mol. The van der Waals surface area contributed by atoms with E-state index in [0.717, 1.165) is 21.7 Å². The second-order valence-corrected chi connectivity index (χ2v) is 9.92. The molecule has 0 aliphatic carbocycles. The van der Waals surface area contributed by atoms with E-state index < -0.39 is 16.1 Å². The summed E-state index contributed by atoms with van der Waals surface area (Å²) in [6, 6.07) is 11.2. The van der Waals surface area contributed by atoms with E-state index in [-0.39, 0.29) is 11.7 Å². The van der Waals surface area contributed by atoms with Gasteiger partial charge in [-0.05, 0) is 49.6 Å². The predicted octanol–water partition coefficient (Wildman–Crippen LogP) is 3.65. The fourth-order valence-electron chi connectivity index (χ4n) is 2.93. The highest BCUT2D eigenvalue weighted by atomic mass is 32.2. The molecule has 2 aromatic carbocycles. The third-order valence-corrected chi connectivity index (χ3v) is 6.69. The summed E-state index contributed by atoms with van der Waals surface area (Å²) in [5, 5.41) is 2.78. The number of sulfonamides is 1. The van der Waals surface area contributed by atoms with Gasteiger partial charge >= 0.3 is 0 Å². The number of anilines is 1. The van der Waals surface area contributed by atoms with Crippen molar-refractivity contribution in [3.8, 4) is 0 Å². The molecule has 0 saturated heterocycles.